The number of H-pyrrole nitrogens is 1. The first kappa shape index (κ1) is 13.0. The number of hydrogen-bond acceptors (Lipinski definition) is 8. The molecule has 0 amide bonds. The number of rotatable bonds is 2. The largest absolute Gasteiger partial charge is 0.394 e. The number of aliphatic hydroxyl groups is 3. The molecule has 1 fully saturated rings. The maximum absolute atomic E-state index is 11.6. The summed E-state index contributed by atoms with van der Waals surface area (Å²) in [7, 11) is 0. The second-order valence-electron chi connectivity index (χ2n) is 4.51. The second kappa shape index (κ2) is 4.52. The summed E-state index contributed by atoms with van der Waals surface area (Å²) >= 11 is 0. The van der Waals surface area contributed by atoms with Gasteiger partial charge < -0.3 is 30.8 Å². The summed E-state index contributed by atoms with van der Waals surface area (Å²) in [5.41, 5.74) is 5.12. The third-order valence-corrected chi connectivity index (χ3v) is 3.26. The highest BCUT2D eigenvalue weighted by atomic mass is 16.6. The lowest BCUT2D eigenvalue weighted by Crippen LogP contribution is -2.33. The highest BCUT2D eigenvalue weighted by Gasteiger charge is 2.43. The first-order valence-electron chi connectivity index (χ1n) is 5.87. The fourth-order valence-corrected chi connectivity index (χ4v) is 2.26. The molecule has 3 heterocycles. The van der Waals surface area contributed by atoms with Crippen molar-refractivity contribution in [2.24, 2.45) is 0 Å². The fourth-order valence-electron chi connectivity index (χ4n) is 2.26. The van der Waals surface area contributed by atoms with Crippen LogP contribution in [0.15, 0.2) is 11.1 Å². The quantitative estimate of drug-likeness (QED) is 0.398. The van der Waals surface area contributed by atoms with Crippen LogP contribution in [0.5, 0.6) is 0 Å². The Morgan fingerprint density at radius 3 is 2.85 bits per heavy atom. The van der Waals surface area contributed by atoms with E-state index in [0.29, 0.717) is 0 Å². The van der Waals surface area contributed by atoms with Gasteiger partial charge in [-0.3, -0.25) is 9.36 Å². The number of anilines is 1. The van der Waals surface area contributed by atoms with E-state index in [1.807, 2.05) is 0 Å². The molecular formula is C10H13N5O5. The zero-order chi connectivity index (χ0) is 14.4. The van der Waals surface area contributed by atoms with Crippen molar-refractivity contribution in [3.8, 4) is 0 Å². The molecule has 20 heavy (non-hydrogen) atoms. The lowest BCUT2D eigenvalue weighted by molar-refractivity contribution is -0.0511. The van der Waals surface area contributed by atoms with E-state index in [1.165, 1.54) is 10.9 Å². The number of aromatic amines is 1. The minimum atomic E-state index is -1.28. The van der Waals surface area contributed by atoms with Crippen molar-refractivity contribution in [1.82, 2.24) is 19.5 Å². The van der Waals surface area contributed by atoms with E-state index in [2.05, 4.69) is 15.0 Å². The molecule has 3 rings (SSSR count). The summed E-state index contributed by atoms with van der Waals surface area (Å²) in [6.45, 7) is -0.443. The van der Waals surface area contributed by atoms with Crippen molar-refractivity contribution in [2.75, 3.05) is 12.3 Å². The lowest BCUT2D eigenvalue weighted by atomic mass is 10.1. The van der Waals surface area contributed by atoms with Crippen LogP contribution in [0.2, 0.25) is 0 Å². The van der Waals surface area contributed by atoms with E-state index >= 15 is 0 Å². The predicted molar refractivity (Wildman–Crippen MR) is 65.6 cm³/mol. The Morgan fingerprint density at radius 1 is 1.45 bits per heavy atom. The smallest absolute Gasteiger partial charge is 0.302 e. The number of aromatic nitrogens is 4. The number of nitrogens with one attached hydrogen (secondary N) is 1. The van der Waals surface area contributed by atoms with Crippen LogP contribution >= 0.6 is 0 Å². The van der Waals surface area contributed by atoms with Crippen LogP contribution in [0.25, 0.3) is 11.2 Å². The van der Waals surface area contributed by atoms with Gasteiger partial charge in [-0.25, -0.2) is 4.98 Å². The summed E-state index contributed by atoms with van der Waals surface area (Å²) in [6.07, 6.45) is -3.16. The van der Waals surface area contributed by atoms with Gasteiger partial charge >= 0.3 is 5.56 Å². The lowest BCUT2D eigenvalue weighted by Gasteiger charge is -2.16. The first-order valence-corrected chi connectivity index (χ1v) is 5.87. The molecule has 10 nitrogen and oxygen atoms in total. The number of ether oxygens (including phenoxy) is 1. The van der Waals surface area contributed by atoms with Gasteiger partial charge in [0, 0.05) is 0 Å². The Labute approximate surface area is 111 Å². The summed E-state index contributed by atoms with van der Waals surface area (Å²) in [5.74, 6) is -0.101. The number of aliphatic hydroxyl groups excluding tert-OH is 3. The Kier molecular flexibility index (Phi) is 2.94. The molecule has 0 bridgehead atoms. The molecule has 4 atom stereocenters. The predicted octanol–water partition coefficient (Wildman–Crippen LogP) is -2.69. The zero-order valence-electron chi connectivity index (χ0n) is 10.2. The standard InChI is InChI=1S/C10H13N5O5/c11-10-13-7-4(8(19)14-10)12-2-15(7)9-6(18)5(17)3(1-16)20-9/h2-3,5-6,9,16-18H,1H2,(H3,11,13,14,19)/t3-,5-,6-,9-/m0/s1. The van der Waals surface area contributed by atoms with Crippen molar-refractivity contribution < 1.29 is 20.1 Å². The molecule has 0 spiro atoms. The molecule has 6 N–H and O–H groups in total. The molecule has 0 unspecified atom stereocenters. The van der Waals surface area contributed by atoms with Crippen LogP contribution in [-0.4, -0.2) is 59.8 Å². The fraction of sp³-hybridized carbons (Fsp3) is 0.500. The topological polar surface area (TPSA) is 160 Å². The summed E-state index contributed by atoms with van der Waals surface area (Å²) < 4.78 is 6.69. The molecule has 1 aliphatic rings. The van der Waals surface area contributed by atoms with Crippen molar-refractivity contribution in [2.45, 2.75) is 24.5 Å². The Hall–Kier alpha value is -2.01. The molecule has 10 heteroatoms. The minimum Gasteiger partial charge on any atom is -0.394 e. The van der Waals surface area contributed by atoms with Crippen molar-refractivity contribution in [3.05, 3.63) is 16.7 Å². The van der Waals surface area contributed by atoms with E-state index < -0.39 is 36.7 Å². The van der Waals surface area contributed by atoms with Crippen LogP contribution in [0, 0.1) is 0 Å². The van der Waals surface area contributed by atoms with Gasteiger partial charge in [-0.1, -0.05) is 0 Å². The minimum absolute atomic E-state index is 0.0388. The first-order chi connectivity index (χ1) is 9.52. The van der Waals surface area contributed by atoms with E-state index in [-0.39, 0.29) is 17.1 Å². The third-order valence-electron chi connectivity index (χ3n) is 3.26. The molecule has 2 aromatic heterocycles. The average molecular weight is 283 g/mol. The highest BCUT2D eigenvalue weighted by molar-refractivity contribution is 5.70. The molecule has 0 aliphatic carbocycles. The van der Waals surface area contributed by atoms with Gasteiger partial charge in [-0.05, 0) is 0 Å². The van der Waals surface area contributed by atoms with Gasteiger partial charge in [0.05, 0.1) is 12.9 Å². The third kappa shape index (κ3) is 1.78. The monoisotopic (exact) mass is 283 g/mol. The zero-order valence-corrected chi connectivity index (χ0v) is 10.2. The van der Waals surface area contributed by atoms with Crippen molar-refractivity contribution in [1.29, 1.82) is 0 Å². The molecule has 108 valence electrons. The molecule has 1 aliphatic heterocycles. The van der Waals surface area contributed by atoms with Gasteiger partial charge in [0.15, 0.2) is 11.7 Å². The van der Waals surface area contributed by atoms with Gasteiger partial charge in [-0.15, -0.1) is 0 Å². The second-order valence-corrected chi connectivity index (χ2v) is 4.51. The van der Waals surface area contributed by atoms with E-state index in [9.17, 15) is 15.0 Å². The average Bonchev–Trinajstić information content (AvgIpc) is 2.93. The number of nitrogens with zero attached hydrogens (tertiary/aromatic N) is 3. The summed E-state index contributed by atoms with van der Waals surface area (Å²) in [6, 6.07) is 0. The number of imidazole rings is 1. The van der Waals surface area contributed by atoms with Crippen LogP contribution < -0.4 is 11.3 Å². The molecule has 0 radical (unpaired) electrons. The maximum atomic E-state index is 11.6. The SMILES string of the molecule is Nc1nc(=O)c2ncn([C@H]3O[C@@H](CO)[C@H](O)[C@@H]3O)c2[nH]1. The Balaban J connectivity index is 2.09. The van der Waals surface area contributed by atoms with Crippen molar-refractivity contribution in [3.63, 3.8) is 0 Å². The summed E-state index contributed by atoms with van der Waals surface area (Å²) in [4.78, 5) is 21.7. The highest BCUT2D eigenvalue weighted by Crippen LogP contribution is 2.30. The van der Waals surface area contributed by atoms with Gasteiger partial charge in [-0.2, -0.15) is 4.98 Å². The summed E-state index contributed by atoms with van der Waals surface area (Å²) in [5, 5.41) is 28.7. The number of nitrogen functional groups attached to an aromatic ring is 1. The van der Waals surface area contributed by atoms with E-state index in [4.69, 9.17) is 15.6 Å². The molecular weight excluding hydrogens is 270 g/mol. The van der Waals surface area contributed by atoms with E-state index in [0.717, 1.165) is 0 Å². The Morgan fingerprint density at radius 2 is 2.20 bits per heavy atom. The van der Waals surface area contributed by atoms with Crippen LogP contribution in [0.1, 0.15) is 6.23 Å². The number of nitrogens with two attached hydrogens (primary N) is 1. The molecule has 0 saturated carbocycles. The van der Waals surface area contributed by atoms with E-state index in [1.54, 1.807) is 0 Å². The van der Waals surface area contributed by atoms with Crippen LogP contribution in [0.4, 0.5) is 5.95 Å². The van der Waals surface area contributed by atoms with Gasteiger partial charge in [0.2, 0.25) is 5.95 Å². The molecule has 2 aromatic rings. The van der Waals surface area contributed by atoms with Crippen LogP contribution in [0.3, 0.4) is 0 Å². The molecule has 0 aromatic carbocycles. The number of fused-ring (bicyclic) bond motifs is 1. The van der Waals surface area contributed by atoms with Gasteiger partial charge in [0.25, 0.3) is 0 Å². The number of hydrogen-bond donors (Lipinski definition) is 5. The maximum Gasteiger partial charge on any atom is 0.302 e. The Bertz CT molecular complexity index is 697. The van der Waals surface area contributed by atoms with Crippen LogP contribution in [-0.2, 0) is 4.74 Å². The van der Waals surface area contributed by atoms with Crippen molar-refractivity contribution >= 4 is 17.1 Å². The molecule has 1 saturated heterocycles. The van der Waals surface area contributed by atoms with Gasteiger partial charge in [0.1, 0.15) is 24.0 Å². The normalized spacial score (nSPS) is 30.1.